The third kappa shape index (κ3) is 1.25. The van der Waals surface area contributed by atoms with Crippen molar-refractivity contribution in [3.63, 3.8) is 0 Å². The van der Waals surface area contributed by atoms with Crippen molar-refractivity contribution >= 4 is 0 Å². The third-order valence-corrected chi connectivity index (χ3v) is 1.10. The van der Waals surface area contributed by atoms with Gasteiger partial charge in [0, 0.05) is 0 Å². The van der Waals surface area contributed by atoms with Gasteiger partial charge in [-0.3, -0.25) is 0 Å². The fraction of sp³-hybridized carbons (Fsp3) is 0.800. The summed E-state index contributed by atoms with van der Waals surface area (Å²) in [6.07, 6.45) is 1.85. The monoisotopic (exact) mass is 127 g/mol. The van der Waals surface area contributed by atoms with Crippen molar-refractivity contribution in [3.05, 3.63) is 6.33 Å². The second-order valence-electron chi connectivity index (χ2n) is 2.34. The minimum absolute atomic E-state index is 0.402. The minimum Gasteiger partial charge on any atom is -0.143 e. The number of aryl methyl sites for hydroxylation is 1. The molecule has 9 heavy (non-hydrogen) atoms. The molecule has 1 heterocycles. The molecular formula is C5H11N4+. The van der Waals surface area contributed by atoms with E-state index in [1.54, 1.807) is 9.36 Å². The highest BCUT2D eigenvalue weighted by atomic mass is 15.6. The first-order chi connectivity index (χ1) is 4.20. The van der Waals surface area contributed by atoms with Crippen LogP contribution in [0.3, 0.4) is 0 Å². The Bertz CT molecular complexity index is 191. The Hall–Kier alpha value is -0.930. The molecule has 0 aromatic carbocycles. The van der Waals surface area contributed by atoms with E-state index in [1.165, 1.54) is 0 Å². The molecule has 0 aliphatic carbocycles. The van der Waals surface area contributed by atoms with Crippen LogP contribution in [0, 0.1) is 0 Å². The van der Waals surface area contributed by atoms with Gasteiger partial charge >= 0.3 is 0 Å². The van der Waals surface area contributed by atoms with Crippen LogP contribution in [0.5, 0.6) is 0 Å². The molecule has 0 saturated heterocycles. The van der Waals surface area contributed by atoms with Gasteiger partial charge in [-0.2, -0.15) is 0 Å². The number of nitrogens with zero attached hydrogens (tertiary/aromatic N) is 4. The maximum Gasteiger partial charge on any atom is 0.244 e. The summed E-state index contributed by atoms with van der Waals surface area (Å²) in [5.41, 5.74) is 0. The number of hydrogen-bond acceptors (Lipinski definition) is 2. The van der Waals surface area contributed by atoms with Gasteiger partial charge in [-0.15, -0.1) is 4.68 Å². The van der Waals surface area contributed by atoms with Gasteiger partial charge in [0.2, 0.25) is 6.33 Å². The zero-order chi connectivity index (χ0) is 6.85. The van der Waals surface area contributed by atoms with Crippen molar-refractivity contribution in [1.29, 1.82) is 0 Å². The molecule has 0 spiro atoms. The molecule has 4 heteroatoms. The molecule has 50 valence electrons. The first kappa shape index (κ1) is 6.19. The molecule has 0 aliphatic heterocycles. The van der Waals surface area contributed by atoms with Gasteiger partial charge in [0.05, 0.1) is 7.05 Å². The smallest absolute Gasteiger partial charge is 0.143 e. The number of tetrazole rings is 1. The van der Waals surface area contributed by atoms with E-state index in [-0.39, 0.29) is 0 Å². The van der Waals surface area contributed by atoms with Crippen LogP contribution in [-0.2, 0) is 7.05 Å². The molecule has 0 radical (unpaired) electrons. The Morgan fingerprint density at radius 3 is 2.44 bits per heavy atom. The highest BCUT2D eigenvalue weighted by Gasteiger charge is 2.06. The fourth-order valence-electron chi connectivity index (χ4n) is 0.563. The SMILES string of the molecule is CC(C)n1c[n+](C)nn1. The number of hydrogen-bond donors (Lipinski definition) is 0. The van der Waals surface area contributed by atoms with E-state index < -0.39 is 0 Å². The first-order valence-corrected chi connectivity index (χ1v) is 2.98. The Morgan fingerprint density at radius 2 is 2.22 bits per heavy atom. The summed E-state index contributed by atoms with van der Waals surface area (Å²) in [5, 5.41) is 7.61. The van der Waals surface area contributed by atoms with E-state index in [0.717, 1.165) is 0 Å². The Balaban J connectivity index is 2.85. The Kier molecular flexibility index (Phi) is 1.46. The largest absolute Gasteiger partial charge is 0.244 e. The van der Waals surface area contributed by atoms with Crippen molar-refractivity contribution < 1.29 is 4.68 Å². The second kappa shape index (κ2) is 2.13. The van der Waals surface area contributed by atoms with Gasteiger partial charge < -0.3 is 0 Å². The van der Waals surface area contributed by atoms with Crippen LogP contribution in [0.2, 0.25) is 0 Å². The lowest BCUT2D eigenvalue weighted by Crippen LogP contribution is -2.29. The molecule has 1 rings (SSSR count). The lowest BCUT2D eigenvalue weighted by atomic mass is 10.4. The highest BCUT2D eigenvalue weighted by molar-refractivity contribution is 4.47. The van der Waals surface area contributed by atoms with Gasteiger partial charge in [-0.05, 0) is 13.8 Å². The quantitative estimate of drug-likeness (QED) is 0.485. The summed E-state index contributed by atoms with van der Waals surface area (Å²) < 4.78 is 3.49. The maximum absolute atomic E-state index is 3.84. The minimum atomic E-state index is 0.402. The van der Waals surface area contributed by atoms with Crippen molar-refractivity contribution in [2.75, 3.05) is 0 Å². The molecule has 0 amide bonds. The van der Waals surface area contributed by atoms with Gasteiger partial charge in [0.1, 0.15) is 11.3 Å². The summed E-state index contributed by atoms with van der Waals surface area (Å²) in [6, 6.07) is 0.402. The lowest BCUT2D eigenvalue weighted by molar-refractivity contribution is -0.731. The zero-order valence-electron chi connectivity index (χ0n) is 5.94. The summed E-state index contributed by atoms with van der Waals surface area (Å²) >= 11 is 0. The average molecular weight is 127 g/mol. The van der Waals surface area contributed by atoms with Crippen LogP contribution in [0.4, 0.5) is 0 Å². The van der Waals surface area contributed by atoms with Crippen molar-refractivity contribution in [2.45, 2.75) is 19.9 Å². The summed E-state index contributed by atoms with van der Waals surface area (Å²) in [6.45, 7) is 4.13. The molecule has 0 bridgehead atoms. The third-order valence-electron chi connectivity index (χ3n) is 1.10. The second-order valence-corrected chi connectivity index (χ2v) is 2.34. The predicted molar refractivity (Wildman–Crippen MR) is 31.6 cm³/mol. The van der Waals surface area contributed by atoms with Gasteiger partial charge in [-0.25, -0.2) is 0 Å². The Labute approximate surface area is 54.1 Å². The van der Waals surface area contributed by atoms with E-state index in [9.17, 15) is 0 Å². The number of aromatic nitrogens is 4. The molecule has 0 saturated carbocycles. The van der Waals surface area contributed by atoms with Crippen LogP contribution in [0.25, 0.3) is 0 Å². The normalized spacial score (nSPS) is 10.7. The van der Waals surface area contributed by atoms with Crippen molar-refractivity contribution in [1.82, 2.24) is 15.1 Å². The zero-order valence-corrected chi connectivity index (χ0v) is 5.94. The molecule has 0 unspecified atom stereocenters. The van der Waals surface area contributed by atoms with Crippen molar-refractivity contribution in [3.8, 4) is 0 Å². The van der Waals surface area contributed by atoms with Gasteiger partial charge in [0.15, 0.2) is 5.21 Å². The van der Waals surface area contributed by atoms with Crippen LogP contribution < -0.4 is 4.68 Å². The molecule has 1 aromatic heterocycles. The van der Waals surface area contributed by atoms with E-state index in [4.69, 9.17) is 0 Å². The fourth-order valence-corrected chi connectivity index (χ4v) is 0.563. The number of rotatable bonds is 1. The molecular weight excluding hydrogens is 116 g/mol. The van der Waals surface area contributed by atoms with Crippen LogP contribution in [-0.4, -0.2) is 15.1 Å². The summed E-state index contributed by atoms with van der Waals surface area (Å²) in [4.78, 5) is 0. The molecule has 0 atom stereocenters. The van der Waals surface area contributed by atoms with Gasteiger partial charge in [0.25, 0.3) is 0 Å². The van der Waals surface area contributed by atoms with E-state index in [1.807, 2.05) is 13.4 Å². The molecule has 0 N–H and O–H groups in total. The first-order valence-electron chi connectivity index (χ1n) is 2.98. The van der Waals surface area contributed by atoms with E-state index in [0.29, 0.717) is 6.04 Å². The predicted octanol–water partition coefficient (Wildman–Crippen LogP) is -0.317. The molecule has 1 aromatic rings. The Morgan fingerprint density at radius 1 is 1.56 bits per heavy atom. The maximum atomic E-state index is 3.84. The topological polar surface area (TPSA) is 34.6 Å². The van der Waals surface area contributed by atoms with Crippen LogP contribution >= 0.6 is 0 Å². The summed E-state index contributed by atoms with van der Waals surface area (Å²) in [5.74, 6) is 0. The highest BCUT2D eigenvalue weighted by Crippen LogP contribution is 1.94. The average Bonchev–Trinajstić information content (AvgIpc) is 2.14. The van der Waals surface area contributed by atoms with Crippen LogP contribution in [0.1, 0.15) is 19.9 Å². The van der Waals surface area contributed by atoms with Gasteiger partial charge in [-0.1, -0.05) is 4.68 Å². The van der Waals surface area contributed by atoms with Crippen molar-refractivity contribution in [2.24, 2.45) is 7.05 Å². The standard InChI is InChI=1S/C5H11N4/c1-5(2)9-4-8(3)6-7-9/h4-5H,1-3H3/q+1. The lowest BCUT2D eigenvalue weighted by Gasteiger charge is -1.90. The van der Waals surface area contributed by atoms with Crippen LogP contribution in [0.15, 0.2) is 6.33 Å². The molecule has 4 nitrogen and oxygen atoms in total. The molecule has 0 fully saturated rings. The molecule has 0 aliphatic rings. The summed E-state index contributed by atoms with van der Waals surface area (Å²) in [7, 11) is 1.85. The van der Waals surface area contributed by atoms with E-state index >= 15 is 0 Å². The van der Waals surface area contributed by atoms with E-state index in [2.05, 4.69) is 24.3 Å².